The predicted molar refractivity (Wildman–Crippen MR) is 67.1 cm³/mol. The van der Waals surface area contributed by atoms with Gasteiger partial charge in [-0.3, -0.25) is 4.79 Å². The fourth-order valence-electron chi connectivity index (χ4n) is 2.30. The highest BCUT2D eigenvalue weighted by molar-refractivity contribution is 6.18. The van der Waals surface area contributed by atoms with Crippen LogP contribution in [0.15, 0.2) is 23.4 Å². The van der Waals surface area contributed by atoms with Gasteiger partial charge in [-0.25, -0.2) is 8.78 Å². The predicted octanol–water partition coefficient (Wildman–Crippen LogP) is 3.34. The summed E-state index contributed by atoms with van der Waals surface area (Å²) in [6, 6.07) is 3.00. The Balaban J connectivity index is 2.36. The number of benzene rings is 1. The summed E-state index contributed by atoms with van der Waals surface area (Å²) in [5.41, 5.74) is -0.233. The molecular formula is C14H15F2NO2. The highest BCUT2D eigenvalue weighted by atomic mass is 19.1. The van der Waals surface area contributed by atoms with Crippen molar-refractivity contribution in [1.29, 1.82) is 0 Å². The maximum absolute atomic E-state index is 13.7. The van der Waals surface area contributed by atoms with Crippen LogP contribution in [-0.4, -0.2) is 18.6 Å². The van der Waals surface area contributed by atoms with Crippen LogP contribution in [0.2, 0.25) is 0 Å². The minimum Gasteiger partial charge on any atom is -0.399 e. The van der Waals surface area contributed by atoms with Crippen LogP contribution in [0.1, 0.15) is 36.5 Å². The number of ketones is 1. The average molecular weight is 267 g/mol. The summed E-state index contributed by atoms with van der Waals surface area (Å²) in [7, 11) is 1.41. The average Bonchev–Trinajstić information content (AvgIpc) is 3.16. The number of hydrogen-bond donors (Lipinski definition) is 0. The second-order valence-electron chi connectivity index (χ2n) is 4.61. The van der Waals surface area contributed by atoms with Gasteiger partial charge in [-0.1, -0.05) is 12.1 Å². The van der Waals surface area contributed by atoms with Gasteiger partial charge in [0.2, 0.25) is 0 Å². The summed E-state index contributed by atoms with van der Waals surface area (Å²) in [5, 5.41) is 3.87. The fraction of sp³-hybridized carbons (Fsp3) is 0.429. The van der Waals surface area contributed by atoms with Gasteiger partial charge in [-0.2, -0.15) is 0 Å². The lowest BCUT2D eigenvalue weighted by Crippen LogP contribution is -2.26. The molecule has 5 heteroatoms. The third-order valence-corrected chi connectivity index (χ3v) is 3.45. The highest BCUT2D eigenvalue weighted by Crippen LogP contribution is 2.50. The molecule has 0 aromatic heterocycles. The molecule has 1 aliphatic rings. The van der Waals surface area contributed by atoms with Crippen LogP contribution in [0.25, 0.3) is 0 Å². The lowest BCUT2D eigenvalue weighted by Gasteiger charge is -2.15. The minimum atomic E-state index is -0.829. The summed E-state index contributed by atoms with van der Waals surface area (Å²) in [6.45, 7) is 1.87. The van der Waals surface area contributed by atoms with E-state index in [0.717, 1.165) is 12.1 Å². The number of halogens is 2. The summed E-state index contributed by atoms with van der Waals surface area (Å²) in [6.07, 6.45) is 1.81. The number of carbonyl (C=O) groups is 1. The van der Waals surface area contributed by atoms with E-state index >= 15 is 0 Å². The second kappa shape index (κ2) is 5.07. The van der Waals surface area contributed by atoms with E-state index in [-0.39, 0.29) is 11.3 Å². The van der Waals surface area contributed by atoms with Gasteiger partial charge < -0.3 is 4.84 Å². The number of hydrogen-bond acceptors (Lipinski definition) is 3. The summed E-state index contributed by atoms with van der Waals surface area (Å²) < 4.78 is 26.6. The van der Waals surface area contributed by atoms with E-state index in [1.807, 2.05) is 6.92 Å². The van der Waals surface area contributed by atoms with Gasteiger partial charge in [0.15, 0.2) is 5.78 Å². The Kier molecular flexibility index (Phi) is 3.64. The van der Waals surface area contributed by atoms with Crippen molar-refractivity contribution in [3.05, 3.63) is 35.4 Å². The zero-order chi connectivity index (χ0) is 14.0. The molecule has 19 heavy (non-hydrogen) atoms. The van der Waals surface area contributed by atoms with E-state index in [4.69, 9.17) is 4.84 Å². The Labute approximate surface area is 110 Å². The van der Waals surface area contributed by atoms with E-state index < -0.39 is 17.0 Å². The largest absolute Gasteiger partial charge is 0.399 e. The summed E-state index contributed by atoms with van der Waals surface area (Å²) in [4.78, 5) is 17.2. The van der Waals surface area contributed by atoms with Gasteiger partial charge in [0, 0.05) is 6.07 Å². The smallest absolute Gasteiger partial charge is 0.177 e. The molecule has 0 spiro atoms. The third kappa shape index (κ3) is 2.37. The van der Waals surface area contributed by atoms with Crippen LogP contribution in [0.4, 0.5) is 8.78 Å². The maximum Gasteiger partial charge on any atom is 0.177 e. The standard InChI is InChI=1S/C14H15F2NO2/c1-3-12(17-19-2)14(6-7-14)13(18)10-5-4-9(15)8-11(10)16/h4-5,8H,3,6-7H2,1-2H3. The van der Waals surface area contributed by atoms with Gasteiger partial charge in [0.1, 0.15) is 18.7 Å². The molecule has 1 fully saturated rings. The number of rotatable bonds is 5. The summed E-state index contributed by atoms with van der Waals surface area (Å²) in [5.74, 6) is -1.87. The molecule has 0 N–H and O–H groups in total. The Morgan fingerprint density at radius 2 is 2.11 bits per heavy atom. The molecule has 0 bridgehead atoms. The first-order valence-electron chi connectivity index (χ1n) is 6.15. The molecule has 0 atom stereocenters. The van der Waals surface area contributed by atoms with E-state index in [2.05, 4.69) is 5.16 Å². The quantitative estimate of drug-likeness (QED) is 0.466. The molecule has 2 rings (SSSR count). The van der Waals surface area contributed by atoms with E-state index in [9.17, 15) is 13.6 Å². The first-order chi connectivity index (χ1) is 9.05. The number of carbonyl (C=O) groups excluding carboxylic acids is 1. The molecule has 102 valence electrons. The number of oxime groups is 1. The van der Waals surface area contributed by atoms with Gasteiger partial charge in [-0.05, 0) is 31.4 Å². The van der Waals surface area contributed by atoms with Crippen molar-refractivity contribution in [2.24, 2.45) is 10.6 Å². The SMILES string of the molecule is CCC(=NOC)C1(C(=O)c2ccc(F)cc2F)CC1. The molecule has 0 amide bonds. The molecule has 1 aromatic rings. The first kappa shape index (κ1) is 13.6. The molecule has 1 saturated carbocycles. The fourth-order valence-corrected chi connectivity index (χ4v) is 2.30. The van der Waals surface area contributed by atoms with Crippen molar-refractivity contribution >= 4 is 11.5 Å². The van der Waals surface area contributed by atoms with Crippen LogP contribution in [0, 0.1) is 17.0 Å². The normalized spacial score (nSPS) is 17.2. The molecule has 0 saturated heterocycles. The van der Waals surface area contributed by atoms with Crippen molar-refractivity contribution in [3.8, 4) is 0 Å². The van der Waals surface area contributed by atoms with E-state index in [0.29, 0.717) is 25.0 Å². The molecule has 3 nitrogen and oxygen atoms in total. The molecule has 0 unspecified atom stereocenters. The maximum atomic E-state index is 13.7. The molecule has 0 radical (unpaired) electrons. The van der Waals surface area contributed by atoms with Crippen molar-refractivity contribution in [3.63, 3.8) is 0 Å². The van der Waals surface area contributed by atoms with Crippen molar-refractivity contribution in [2.45, 2.75) is 26.2 Å². The van der Waals surface area contributed by atoms with Gasteiger partial charge in [0.05, 0.1) is 16.7 Å². The van der Waals surface area contributed by atoms with Crippen molar-refractivity contribution < 1.29 is 18.4 Å². The first-order valence-corrected chi connectivity index (χ1v) is 6.15. The lowest BCUT2D eigenvalue weighted by molar-refractivity contribution is 0.0931. The molecule has 0 heterocycles. The van der Waals surface area contributed by atoms with Gasteiger partial charge in [-0.15, -0.1) is 0 Å². The Bertz CT molecular complexity index is 536. The lowest BCUT2D eigenvalue weighted by atomic mass is 9.88. The second-order valence-corrected chi connectivity index (χ2v) is 4.61. The molecular weight excluding hydrogens is 252 g/mol. The number of Topliss-reactive ketones (excluding diaryl/α,β-unsaturated/α-hetero) is 1. The van der Waals surface area contributed by atoms with E-state index in [1.54, 1.807) is 0 Å². The van der Waals surface area contributed by atoms with Gasteiger partial charge >= 0.3 is 0 Å². The topological polar surface area (TPSA) is 38.7 Å². The van der Waals surface area contributed by atoms with Crippen molar-refractivity contribution in [2.75, 3.05) is 7.11 Å². The zero-order valence-corrected chi connectivity index (χ0v) is 10.9. The zero-order valence-electron chi connectivity index (χ0n) is 10.9. The van der Waals surface area contributed by atoms with Crippen LogP contribution >= 0.6 is 0 Å². The molecule has 0 aliphatic heterocycles. The summed E-state index contributed by atoms with van der Waals surface area (Å²) >= 11 is 0. The number of nitrogens with zero attached hydrogens (tertiary/aromatic N) is 1. The molecule has 1 aliphatic carbocycles. The minimum absolute atomic E-state index is 0.0869. The van der Waals surface area contributed by atoms with Crippen LogP contribution in [0.5, 0.6) is 0 Å². The third-order valence-electron chi connectivity index (χ3n) is 3.45. The highest BCUT2D eigenvalue weighted by Gasteiger charge is 2.54. The Hall–Kier alpha value is -1.78. The van der Waals surface area contributed by atoms with Crippen LogP contribution < -0.4 is 0 Å². The monoisotopic (exact) mass is 267 g/mol. The molecule has 1 aromatic carbocycles. The van der Waals surface area contributed by atoms with Crippen molar-refractivity contribution in [1.82, 2.24) is 0 Å². The van der Waals surface area contributed by atoms with Crippen LogP contribution in [-0.2, 0) is 4.84 Å². The Morgan fingerprint density at radius 1 is 1.42 bits per heavy atom. The van der Waals surface area contributed by atoms with Gasteiger partial charge in [0.25, 0.3) is 0 Å². The van der Waals surface area contributed by atoms with E-state index in [1.165, 1.54) is 13.2 Å². The van der Waals surface area contributed by atoms with Crippen LogP contribution in [0.3, 0.4) is 0 Å². The Morgan fingerprint density at radius 3 is 2.58 bits per heavy atom.